The van der Waals surface area contributed by atoms with Gasteiger partial charge in [0.1, 0.15) is 0 Å². The Hall–Kier alpha value is -1.41. The summed E-state index contributed by atoms with van der Waals surface area (Å²) < 4.78 is 0. The zero-order chi connectivity index (χ0) is 14.4. The monoisotopic (exact) mass is 352 g/mol. The average molecular weight is 352 g/mol. The summed E-state index contributed by atoms with van der Waals surface area (Å²) in [5.41, 5.74) is 1.37. The molecule has 0 saturated heterocycles. The quantitative estimate of drug-likeness (QED) is 0.583. The molecule has 2 rings (SSSR count). The van der Waals surface area contributed by atoms with Crippen LogP contribution in [0.5, 0.6) is 0 Å². The first-order valence-corrected chi connectivity index (χ1v) is 8.91. The van der Waals surface area contributed by atoms with Gasteiger partial charge in [0.25, 0.3) is 0 Å². The molecular weight excluding hydrogens is 339 g/mol. The van der Waals surface area contributed by atoms with Gasteiger partial charge < -0.3 is 0 Å². The molecule has 2 aromatic carbocycles. The van der Waals surface area contributed by atoms with Crippen LogP contribution in [-0.2, 0) is 0 Å². The van der Waals surface area contributed by atoms with E-state index in [1.165, 1.54) is 0 Å². The Bertz CT molecular complexity index is 594. The van der Waals surface area contributed by atoms with Crippen LogP contribution >= 0.6 is 11.6 Å². The second-order valence-electron chi connectivity index (χ2n) is 4.21. The Labute approximate surface area is 129 Å². The molecule has 0 unspecified atom stereocenters. The molecule has 4 heteroatoms. The van der Waals surface area contributed by atoms with E-state index in [1.54, 1.807) is 36.4 Å². The molecule has 0 heterocycles. The average Bonchev–Trinajstić information content (AvgIpc) is 2.48. The van der Waals surface area contributed by atoms with Gasteiger partial charge in [0, 0.05) is 0 Å². The van der Waals surface area contributed by atoms with Gasteiger partial charge >= 0.3 is 129 Å². The van der Waals surface area contributed by atoms with Crippen molar-refractivity contribution in [1.82, 2.24) is 0 Å². The third-order valence-electron chi connectivity index (χ3n) is 2.73. The molecule has 20 heavy (non-hydrogen) atoms. The molecule has 102 valence electrons. The van der Waals surface area contributed by atoms with Crippen molar-refractivity contribution in [3.05, 3.63) is 70.7 Å². The van der Waals surface area contributed by atoms with Crippen LogP contribution < -0.4 is 0 Å². The number of ketones is 2. The standard InChI is InChI=1S/C16H13ClO2Se/c17-14-8-6-13(7-9-14)16(19)11-20-10-15(18)12-4-2-1-3-5-12/h1-9H,10-11H2. The second-order valence-corrected chi connectivity index (χ2v) is 6.72. The molecule has 2 aromatic rings. The topological polar surface area (TPSA) is 34.1 Å². The fourth-order valence-corrected chi connectivity index (χ4v) is 3.48. The predicted octanol–water partition coefficient (Wildman–Crippen LogP) is 3.95. The van der Waals surface area contributed by atoms with E-state index in [2.05, 4.69) is 0 Å². The van der Waals surface area contributed by atoms with Crippen LogP contribution in [0.15, 0.2) is 54.6 Å². The van der Waals surface area contributed by atoms with Gasteiger partial charge in [-0.15, -0.1) is 0 Å². The van der Waals surface area contributed by atoms with E-state index in [0.717, 1.165) is 0 Å². The van der Waals surface area contributed by atoms with Crippen molar-refractivity contribution in [1.29, 1.82) is 0 Å². The Morgan fingerprint density at radius 1 is 0.800 bits per heavy atom. The summed E-state index contributed by atoms with van der Waals surface area (Å²) >= 11 is 5.77. The summed E-state index contributed by atoms with van der Waals surface area (Å²) in [7, 11) is 0. The molecule has 0 N–H and O–H groups in total. The van der Waals surface area contributed by atoms with Crippen molar-refractivity contribution < 1.29 is 9.59 Å². The third-order valence-corrected chi connectivity index (χ3v) is 4.94. The third kappa shape index (κ3) is 4.31. The number of carbonyl (C=O) groups is 2. The van der Waals surface area contributed by atoms with Gasteiger partial charge in [0.15, 0.2) is 0 Å². The van der Waals surface area contributed by atoms with Crippen molar-refractivity contribution >= 4 is 38.1 Å². The fraction of sp³-hybridized carbons (Fsp3) is 0.125. The van der Waals surface area contributed by atoms with Crippen LogP contribution in [-0.4, -0.2) is 26.5 Å². The van der Waals surface area contributed by atoms with Gasteiger partial charge in [-0.25, -0.2) is 0 Å². The van der Waals surface area contributed by atoms with E-state index in [1.807, 2.05) is 18.2 Å². The summed E-state index contributed by atoms with van der Waals surface area (Å²) in [6.07, 6.45) is 0. The summed E-state index contributed by atoms with van der Waals surface area (Å²) in [5, 5.41) is 1.51. The van der Waals surface area contributed by atoms with E-state index in [-0.39, 0.29) is 26.5 Å². The van der Waals surface area contributed by atoms with Gasteiger partial charge in [-0.2, -0.15) is 0 Å². The zero-order valence-electron chi connectivity index (χ0n) is 10.7. The Kier molecular flexibility index (Phi) is 5.54. The number of rotatable bonds is 6. The summed E-state index contributed by atoms with van der Waals surface area (Å²) in [4.78, 5) is 23.8. The Morgan fingerprint density at radius 3 is 1.85 bits per heavy atom. The molecule has 0 aliphatic heterocycles. The van der Waals surface area contributed by atoms with Crippen LogP contribution in [0.1, 0.15) is 20.7 Å². The normalized spacial score (nSPS) is 10.2. The maximum atomic E-state index is 11.9. The van der Waals surface area contributed by atoms with Gasteiger partial charge in [-0.3, -0.25) is 0 Å². The van der Waals surface area contributed by atoms with Crippen LogP contribution in [0.2, 0.25) is 15.7 Å². The van der Waals surface area contributed by atoms with Crippen LogP contribution in [0, 0.1) is 0 Å². The SMILES string of the molecule is O=C(C[Se]CC(=O)c1ccc(Cl)cc1)c1ccccc1. The molecule has 0 saturated carbocycles. The van der Waals surface area contributed by atoms with Crippen molar-refractivity contribution in [3.8, 4) is 0 Å². The number of carbonyl (C=O) groups excluding carboxylic acids is 2. The first-order chi connectivity index (χ1) is 9.66. The predicted molar refractivity (Wildman–Crippen MR) is 81.9 cm³/mol. The summed E-state index contributed by atoms with van der Waals surface area (Å²) in [5.74, 6) is 0.178. The van der Waals surface area contributed by atoms with Crippen LogP contribution in [0.3, 0.4) is 0 Å². The van der Waals surface area contributed by atoms with Gasteiger partial charge in [-0.05, 0) is 0 Å². The molecule has 0 radical (unpaired) electrons. The van der Waals surface area contributed by atoms with Crippen molar-refractivity contribution in [3.63, 3.8) is 0 Å². The molecule has 0 bridgehead atoms. The Balaban J connectivity index is 1.83. The molecule has 0 fully saturated rings. The zero-order valence-corrected chi connectivity index (χ0v) is 13.2. The van der Waals surface area contributed by atoms with E-state index >= 15 is 0 Å². The van der Waals surface area contributed by atoms with Crippen molar-refractivity contribution in [2.45, 2.75) is 10.6 Å². The first-order valence-electron chi connectivity index (χ1n) is 6.11. The van der Waals surface area contributed by atoms with Gasteiger partial charge in [0.05, 0.1) is 0 Å². The van der Waals surface area contributed by atoms with E-state index < -0.39 is 0 Å². The van der Waals surface area contributed by atoms with Crippen LogP contribution in [0.25, 0.3) is 0 Å². The summed E-state index contributed by atoms with van der Waals surface area (Å²) in [6.45, 7) is 0. The molecule has 0 aliphatic carbocycles. The first kappa shape index (κ1) is 15.0. The second kappa shape index (κ2) is 7.39. The van der Waals surface area contributed by atoms with Crippen molar-refractivity contribution in [2.24, 2.45) is 0 Å². The molecule has 0 atom stereocenters. The molecule has 0 aliphatic rings. The van der Waals surface area contributed by atoms with Gasteiger partial charge in [0.2, 0.25) is 0 Å². The number of hydrogen-bond acceptors (Lipinski definition) is 2. The maximum absolute atomic E-state index is 11.9. The van der Waals surface area contributed by atoms with E-state index in [4.69, 9.17) is 11.6 Å². The summed E-state index contributed by atoms with van der Waals surface area (Å²) in [6, 6.07) is 16.0. The minimum atomic E-state index is -0.0103. The Morgan fingerprint density at radius 2 is 1.30 bits per heavy atom. The minimum absolute atomic E-state index is 0.0103. The van der Waals surface area contributed by atoms with E-state index in [9.17, 15) is 9.59 Å². The fourth-order valence-electron chi connectivity index (χ4n) is 1.66. The van der Waals surface area contributed by atoms with Crippen LogP contribution in [0.4, 0.5) is 0 Å². The molecule has 0 amide bonds. The number of benzene rings is 2. The van der Waals surface area contributed by atoms with E-state index in [0.29, 0.717) is 26.8 Å². The molecule has 0 spiro atoms. The number of halogens is 1. The number of hydrogen-bond donors (Lipinski definition) is 0. The molecule has 2 nitrogen and oxygen atoms in total. The molecule has 0 aromatic heterocycles. The van der Waals surface area contributed by atoms with Gasteiger partial charge in [-0.1, -0.05) is 0 Å². The number of Topliss-reactive ketones (excluding diaryl/α,β-unsaturated/α-hetero) is 2. The van der Waals surface area contributed by atoms with Crippen molar-refractivity contribution in [2.75, 3.05) is 0 Å². The molecular formula is C16H13ClO2Se.